The Bertz CT molecular complexity index is 1450. The van der Waals surface area contributed by atoms with Crippen LogP contribution in [0, 0.1) is 0 Å². The molecule has 0 aromatic heterocycles. The number of ether oxygens (including phenoxy) is 2. The van der Waals surface area contributed by atoms with Crippen LogP contribution in [0.4, 0.5) is 5.69 Å². The van der Waals surface area contributed by atoms with Crippen LogP contribution in [0.15, 0.2) is 72.8 Å². The first-order chi connectivity index (χ1) is 20.1. The molecule has 0 unspecified atom stereocenters. The summed E-state index contributed by atoms with van der Waals surface area (Å²) in [5.41, 5.74) is 1.78. The molecule has 2 amide bonds. The first-order valence-corrected chi connectivity index (χ1v) is 15.8. The van der Waals surface area contributed by atoms with Gasteiger partial charge in [-0.15, -0.1) is 0 Å². The van der Waals surface area contributed by atoms with Gasteiger partial charge in [0, 0.05) is 30.6 Å². The van der Waals surface area contributed by atoms with E-state index in [4.69, 9.17) is 21.1 Å². The molecule has 3 aromatic carbocycles. The molecule has 0 fully saturated rings. The number of amides is 2. The van der Waals surface area contributed by atoms with Crippen molar-refractivity contribution in [2.45, 2.75) is 38.8 Å². The highest BCUT2D eigenvalue weighted by atomic mass is 35.5. The zero-order valence-electron chi connectivity index (χ0n) is 24.4. The second-order valence-electron chi connectivity index (χ2n) is 9.81. The summed E-state index contributed by atoms with van der Waals surface area (Å²) < 4.78 is 37.6. The molecule has 226 valence electrons. The number of carbonyl (C=O) groups is 2. The van der Waals surface area contributed by atoms with Crippen LogP contribution in [0.3, 0.4) is 0 Å². The Morgan fingerprint density at radius 3 is 2.24 bits per heavy atom. The van der Waals surface area contributed by atoms with Crippen LogP contribution in [0.25, 0.3) is 0 Å². The molecule has 11 heteroatoms. The molecule has 1 atom stereocenters. The molecule has 1 N–H and O–H groups in total. The van der Waals surface area contributed by atoms with Crippen LogP contribution in [0.2, 0.25) is 5.02 Å². The second kappa shape index (κ2) is 15.5. The van der Waals surface area contributed by atoms with Crippen molar-refractivity contribution in [1.29, 1.82) is 0 Å². The standard InChI is InChI=1S/C31H38ClN3O6S/c1-5-6-17-33-31(37)27(19-23-11-8-7-9-12-23)34(21-24-13-10-14-25(32)18-24)30(36)22-35(42(4,38)39)26-15-16-28(40-2)29(20-26)41-3/h7-16,18,20,27H,5-6,17,19,21-22H2,1-4H3,(H,33,37)/t27-/m1/s1. The summed E-state index contributed by atoms with van der Waals surface area (Å²) in [5, 5.41) is 3.44. The summed E-state index contributed by atoms with van der Waals surface area (Å²) >= 11 is 6.25. The van der Waals surface area contributed by atoms with Crippen LogP contribution in [-0.4, -0.2) is 64.7 Å². The van der Waals surface area contributed by atoms with Gasteiger partial charge in [-0.25, -0.2) is 8.42 Å². The van der Waals surface area contributed by atoms with Gasteiger partial charge in [0.05, 0.1) is 26.2 Å². The Morgan fingerprint density at radius 1 is 0.929 bits per heavy atom. The third-order valence-corrected chi connectivity index (χ3v) is 8.05. The molecule has 0 aliphatic rings. The van der Waals surface area contributed by atoms with Gasteiger partial charge in [0.25, 0.3) is 0 Å². The fourth-order valence-electron chi connectivity index (χ4n) is 4.49. The highest BCUT2D eigenvalue weighted by Gasteiger charge is 2.33. The summed E-state index contributed by atoms with van der Waals surface area (Å²) in [6, 6.07) is 20.1. The van der Waals surface area contributed by atoms with Crippen LogP contribution in [0.1, 0.15) is 30.9 Å². The normalized spacial score (nSPS) is 11.8. The van der Waals surface area contributed by atoms with Crippen molar-refractivity contribution < 1.29 is 27.5 Å². The van der Waals surface area contributed by atoms with Crippen molar-refractivity contribution in [1.82, 2.24) is 10.2 Å². The lowest BCUT2D eigenvalue weighted by atomic mass is 10.0. The number of rotatable bonds is 15. The molecule has 0 heterocycles. The van der Waals surface area contributed by atoms with Gasteiger partial charge in [0.15, 0.2) is 11.5 Å². The third-order valence-electron chi connectivity index (χ3n) is 6.68. The lowest BCUT2D eigenvalue weighted by Crippen LogP contribution is -2.53. The minimum atomic E-state index is -3.93. The van der Waals surface area contributed by atoms with Crippen molar-refractivity contribution in [2.75, 3.05) is 37.9 Å². The van der Waals surface area contributed by atoms with Gasteiger partial charge < -0.3 is 19.7 Å². The van der Waals surface area contributed by atoms with Gasteiger partial charge in [-0.1, -0.05) is 67.4 Å². The van der Waals surface area contributed by atoms with Gasteiger partial charge >= 0.3 is 0 Å². The molecular formula is C31H38ClN3O6S. The number of hydrogen-bond donors (Lipinski definition) is 1. The molecule has 42 heavy (non-hydrogen) atoms. The second-order valence-corrected chi connectivity index (χ2v) is 12.2. The van der Waals surface area contributed by atoms with Crippen LogP contribution >= 0.6 is 11.6 Å². The van der Waals surface area contributed by atoms with E-state index in [9.17, 15) is 18.0 Å². The quantitative estimate of drug-likeness (QED) is 0.249. The predicted octanol–water partition coefficient (Wildman–Crippen LogP) is 4.68. The number of methoxy groups -OCH3 is 2. The van der Waals surface area contributed by atoms with E-state index >= 15 is 0 Å². The van der Waals surface area contributed by atoms with E-state index in [1.54, 1.807) is 24.3 Å². The van der Waals surface area contributed by atoms with E-state index in [1.807, 2.05) is 43.3 Å². The Morgan fingerprint density at radius 2 is 1.62 bits per heavy atom. The van der Waals surface area contributed by atoms with Crippen LogP contribution in [0.5, 0.6) is 11.5 Å². The molecule has 3 aromatic rings. The van der Waals surface area contributed by atoms with Gasteiger partial charge in [-0.05, 0) is 41.8 Å². The molecule has 0 bridgehead atoms. The lowest BCUT2D eigenvalue weighted by Gasteiger charge is -2.33. The smallest absolute Gasteiger partial charge is 0.244 e. The first-order valence-electron chi connectivity index (χ1n) is 13.6. The lowest BCUT2D eigenvalue weighted by molar-refractivity contribution is -0.140. The van der Waals surface area contributed by atoms with Crippen molar-refractivity contribution >= 4 is 39.1 Å². The number of carbonyl (C=O) groups excluding carboxylic acids is 2. The monoisotopic (exact) mass is 615 g/mol. The van der Waals surface area contributed by atoms with E-state index < -0.39 is 28.5 Å². The van der Waals surface area contributed by atoms with E-state index in [0.29, 0.717) is 28.6 Å². The SMILES string of the molecule is CCCCNC(=O)[C@@H](Cc1ccccc1)N(Cc1cccc(Cl)c1)C(=O)CN(c1ccc(OC)c(OC)c1)S(C)(=O)=O. The van der Waals surface area contributed by atoms with Crippen LogP contribution < -0.4 is 19.1 Å². The molecule has 0 saturated heterocycles. The summed E-state index contributed by atoms with van der Waals surface area (Å²) in [6.07, 6.45) is 2.94. The average Bonchev–Trinajstić information content (AvgIpc) is 2.97. The maximum absolute atomic E-state index is 14.2. The fraction of sp³-hybridized carbons (Fsp3) is 0.355. The maximum Gasteiger partial charge on any atom is 0.244 e. The molecule has 0 aliphatic heterocycles. The fourth-order valence-corrected chi connectivity index (χ4v) is 5.54. The molecule has 0 radical (unpaired) electrons. The predicted molar refractivity (Wildman–Crippen MR) is 166 cm³/mol. The topological polar surface area (TPSA) is 105 Å². The zero-order chi connectivity index (χ0) is 30.7. The molecule has 0 saturated carbocycles. The highest BCUT2D eigenvalue weighted by molar-refractivity contribution is 7.92. The molecular weight excluding hydrogens is 578 g/mol. The minimum Gasteiger partial charge on any atom is -0.493 e. The van der Waals surface area contributed by atoms with Crippen molar-refractivity contribution in [3.05, 3.63) is 88.9 Å². The van der Waals surface area contributed by atoms with Crippen molar-refractivity contribution in [3.8, 4) is 11.5 Å². The number of unbranched alkanes of at least 4 members (excludes halogenated alkanes) is 1. The van der Waals surface area contributed by atoms with E-state index in [1.165, 1.54) is 31.3 Å². The Balaban J connectivity index is 2.06. The van der Waals surface area contributed by atoms with Crippen LogP contribution in [-0.2, 0) is 32.6 Å². The number of nitrogens with one attached hydrogen (secondary N) is 1. The summed E-state index contributed by atoms with van der Waals surface area (Å²) in [6.45, 7) is 1.99. The largest absolute Gasteiger partial charge is 0.493 e. The first kappa shape index (κ1) is 32.8. The number of nitrogens with zero attached hydrogens (tertiary/aromatic N) is 2. The summed E-state index contributed by atoms with van der Waals surface area (Å²) in [4.78, 5) is 29.2. The van der Waals surface area contributed by atoms with Gasteiger partial charge in [0.1, 0.15) is 12.6 Å². The summed E-state index contributed by atoms with van der Waals surface area (Å²) in [5.74, 6) is -0.152. The van der Waals surface area contributed by atoms with Gasteiger partial charge in [0.2, 0.25) is 21.8 Å². The number of halogens is 1. The van der Waals surface area contributed by atoms with E-state index in [0.717, 1.165) is 29.0 Å². The molecule has 0 spiro atoms. The maximum atomic E-state index is 14.2. The molecule has 3 rings (SSSR count). The highest BCUT2D eigenvalue weighted by Crippen LogP contribution is 2.32. The minimum absolute atomic E-state index is 0.0433. The Hall–Kier alpha value is -3.76. The number of benzene rings is 3. The molecule has 0 aliphatic carbocycles. The number of anilines is 1. The number of sulfonamides is 1. The van der Waals surface area contributed by atoms with E-state index in [-0.39, 0.29) is 24.6 Å². The zero-order valence-corrected chi connectivity index (χ0v) is 26.0. The van der Waals surface area contributed by atoms with Crippen molar-refractivity contribution in [2.24, 2.45) is 0 Å². The Kier molecular flexibility index (Phi) is 12.1. The van der Waals surface area contributed by atoms with E-state index in [2.05, 4.69) is 5.32 Å². The van der Waals surface area contributed by atoms with Crippen molar-refractivity contribution in [3.63, 3.8) is 0 Å². The number of hydrogen-bond acceptors (Lipinski definition) is 6. The van der Waals surface area contributed by atoms with Gasteiger partial charge in [-0.3, -0.25) is 13.9 Å². The van der Waals surface area contributed by atoms with Gasteiger partial charge in [-0.2, -0.15) is 0 Å². The molecule has 9 nitrogen and oxygen atoms in total. The summed E-state index contributed by atoms with van der Waals surface area (Å²) in [7, 11) is -1.01. The Labute approximate surface area is 253 Å². The average molecular weight is 616 g/mol. The third kappa shape index (κ3) is 9.12.